The summed E-state index contributed by atoms with van der Waals surface area (Å²) in [5.41, 5.74) is 1.06. The lowest BCUT2D eigenvalue weighted by Gasteiger charge is -2.35. The maximum Gasteiger partial charge on any atom is 0.281 e. The predicted molar refractivity (Wildman–Crippen MR) is 114 cm³/mol. The van der Waals surface area contributed by atoms with Gasteiger partial charge in [0.2, 0.25) is 5.91 Å². The third kappa shape index (κ3) is 5.39. The number of piperazine rings is 1. The van der Waals surface area contributed by atoms with Crippen LogP contribution in [0, 0.1) is 0 Å². The highest BCUT2D eigenvalue weighted by Crippen LogP contribution is 2.25. The van der Waals surface area contributed by atoms with Crippen molar-refractivity contribution < 1.29 is 13.2 Å². The van der Waals surface area contributed by atoms with E-state index in [2.05, 4.69) is 4.57 Å². The first kappa shape index (κ1) is 21.8. The topological polar surface area (TPSA) is 65.9 Å². The lowest BCUT2D eigenvalue weighted by Crippen LogP contribution is -2.53. The van der Waals surface area contributed by atoms with Crippen LogP contribution in [0.1, 0.15) is 17.9 Å². The Labute approximate surface area is 177 Å². The minimum Gasteiger partial charge on any atom is -0.354 e. The fourth-order valence-corrected chi connectivity index (χ4v) is 4.72. The molecule has 1 amide bonds. The van der Waals surface area contributed by atoms with Crippen LogP contribution in [0.4, 0.5) is 0 Å². The zero-order valence-corrected chi connectivity index (χ0v) is 18.3. The van der Waals surface area contributed by atoms with Crippen molar-refractivity contribution in [1.82, 2.24) is 18.1 Å². The Kier molecular flexibility index (Phi) is 7.00. The van der Waals surface area contributed by atoms with Crippen molar-refractivity contribution in [3.63, 3.8) is 0 Å². The zero-order chi connectivity index (χ0) is 21.0. The lowest BCUT2D eigenvalue weighted by atomic mass is 9.94. The van der Waals surface area contributed by atoms with Crippen LogP contribution in [0.15, 0.2) is 48.8 Å². The Morgan fingerprint density at radius 1 is 1.07 bits per heavy atom. The van der Waals surface area contributed by atoms with E-state index >= 15 is 0 Å². The molecule has 2 heterocycles. The normalized spacial score (nSPS) is 16.9. The molecule has 158 valence electrons. The first-order chi connectivity index (χ1) is 13.8. The number of carbonyl (C=O) groups excluding carboxylic acids is 1. The van der Waals surface area contributed by atoms with Crippen molar-refractivity contribution in [3.8, 4) is 0 Å². The summed E-state index contributed by atoms with van der Waals surface area (Å²) in [6, 6.07) is 11.5. The van der Waals surface area contributed by atoms with Crippen molar-refractivity contribution in [3.05, 3.63) is 59.4 Å². The van der Waals surface area contributed by atoms with Gasteiger partial charge in [0.15, 0.2) is 0 Å². The number of nitrogens with zero attached hydrogens (tertiary/aromatic N) is 4. The average Bonchev–Trinajstić information content (AvgIpc) is 3.21. The molecule has 1 atom stereocenters. The summed E-state index contributed by atoms with van der Waals surface area (Å²) in [6.45, 7) is 2.13. The van der Waals surface area contributed by atoms with Gasteiger partial charge < -0.3 is 9.47 Å². The second-order valence-electron chi connectivity index (χ2n) is 7.40. The van der Waals surface area contributed by atoms with Gasteiger partial charge in [-0.3, -0.25) is 4.79 Å². The molecule has 3 rings (SSSR count). The van der Waals surface area contributed by atoms with Crippen LogP contribution >= 0.6 is 11.6 Å². The summed E-state index contributed by atoms with van der Waals surface area (Å²) < 4.78 is 29.2. The van der Waals surface area contributed by atoms with Gasteiger partial charge in [0.1, 0.15) is 0 Å². The summed E-state index contributed by atoms with van der Waals surface area (Å²) in [5.74, 6) is 0.0507. The third-order valence-electron chi connectivity index (χ3n) is 5.24. The fraction of sp³-hybridized carbons (Fsp3) is 0.450. The maximum atomic E-state index is 13.0. The van der Waals surface area contributed by atoms with E-state index in [9.17, 15) is 13.2 Å². The second-order valence-corrected chi connectivity index (χ2v) is 9.98. The number of halogens is 1. The van der Waals surface area contributed by atoms with Crippen LogP contribution in [0.2, 0.25) is 5.02 Å². The number of benzene rings is 1. The van der Waals surface area contributed by atoms with E-state index in [0.717, 1.165) is 5.56 Å². The Morgan fingerprint density at radius 2 is 1.66 bits per heavy atom. The molecule has 29 heavy (non-hydrogen) atoms. The Morgan fingerprint density at radius 3 is 2.21 bits per heavy atom. The highest BCUT2D eigenvalue weighted by molar-refractivity contribution is 7.86. The van der Waals surface area contributed by atoms with Gasteiger partial charge in [-0.1, -0.05) is 23.7 Å². The van der Waals surface area contributed by atoms with E-state index in [1.54, 1.807) is 4.90 Å². The highest BCUT2D eigenvalue weighted by Gasteiger charge is 2.31. The molecule has 0 radical (unpaired) electrons. The fourth-order valence-electron chi connectivity index (χ4n) is 3.51. The van der Waals surface area contributed by atoms with Gasteiger partial charge in [0.25, 0.3) is 10.2 Å². The molecule has 1 aromatic carbocycles. The van der Waals surface area contributed by atoms with Crippen molar-refractivity contribution in [1.29, 1.82) is 0 Å². The smallest absolute Gasteiger partial charge is 0.281 e. The van der Waals surface area contributed by atoms with Crippen LogP contribution in [0.25, 0.3) is 0 Å². The molecular formula is C20H27ClN4O3S. The number of rotatable bonds is 7. The van der Waals surface area contributed by atoms with E-state index in [4.69, 9.17) is 11.6 Å². The molecule has 9 heteroatoms. The first-order valence-corrected chi connectivity index (χ1v) is 11.4. The molecule has 1 aromatic heterocycles. The number of carbonyl (C=O) groups is 1. The van der Waals surface area contributed by atoms with Crippen molar-refractivity contribution in [2.75, 3.05) is 40.3 Å². The first-order valence-electron chi connectivity index (χ1n) is 9.59. The molecule has 0 aliphatic carbocycles. The monoisotopic (exact) mass is 438 g/mol. The molecule has 2 aromatic rings. The van der Waals surface area contributed by atoms with E-state index in [1.165, 1.54) is 22.7 Å². The molecule has 1 aliphatic heterocycles. The summed E-state index contributed by atoms with van der Waals surface area (Å²) in [5, 5.41) is 0.665. The van der Waals surface area contributed by atoms with E-state index in [0.29, 0.717) is 44.2 Å². The van der Waals surface area contributed by atoms with Crippen LogP contribution < -0.4 is 0 Å². The Bertz CT molecular complexity index is 906. The lowest BCUT2D eigenvalue weighted by molar-refractivity contribution is -0.132. The van der Waals surface area contributed by atoms with Crippen LogP contribution in [0.5, 0.6) is 0 Å². The van der Waals surface area contributed by atoms with Gasteiger partial charge in [0, 0.05) is 76.6 Å². The molecule has 1 fully saturated rings. The van der Waals surface area contributed by atoms with Crippen molar-refractivity contribution in [2.24, 2.45) is 0 Å². The second kappa shape index (κ2) is 9.30. The molecule has 7 nitrogen and oxygen atoms in total. The number of aromatic nitrogens is 1. The van der Waals surface area contributed by atoms with Gasteiger partial charge in [-0.2, -0.15) is 17.0 Å². The number of amides is 1. The molecule has 0 spiro atoms. The van der Waals surface area contributed by atoms with Gasteiger partial charge >= 0.3 is 0 Å². The maximum absolute atomic E-state index is 13.0. The minimum atomic E-state index is -3.44. The molecular weight excluding hydrogens is 412 g/mol. The van der Waals surface area contributed by atoms with E-state index < -0.39 is 10.2 Å². The van der Waals surface area contributed by atoms with Crippen molar-refractivity contribution >= 4 is 27.7 Å². The number of hydrogen-bond acceptors (Lipinski definition) is 3. The largest absolute Gasteiger partial charge is 0.354 e. The predicted octanol–water partition coefficient (Wildman–Crippen LogP) is 2.27. The Balaban J connectivity index is 1.66. The van der Waals surface area contributed by atoms with Crippen LogP contribution in [-0.4, -0.2) is 72.7 Å². The zero-order valence-electron chi connectivity index (χ0n) is 16.7. The average molecular weight is 439 g/mol. The van der Waals surface area contributed by atoms with Crippen molar-refractivity contribution in [2.45, 2.75) is 18.9 Å². The van der Waals surface area contributed by atoms with Crippen LogP contribution in [0.3, 0.4) is 0 Å². The molecule has 1 saturated heterocycles. The van der Waals surface area contributed by atoms with Crippen LogP contribution in [-0.2, 0) is 21.5 Å². The standard InChI is InChI=1S/C20H27ClN4O3S/c1-22(2)29(27,28)25-13-11-24(12-14-25)20(26)15-18(16-23-9-3-4-10-23)17-5-7-19(21)8-6-17/h3-10,18H,11-16H2,1-2H3. The molecule has 0 saturated carbocycles. The minimum absolute atomic E-state index is 0.00991. The molecule has 1 aliphatic rings. The molecule has 1 unspecified atom stereocenters. The highest BCUT2D eigenvalue weighted by atomic mass is 35.5. The summed E-state index contributed by atoms with van der Waals surface area (Å²) in [7, 11) is -0.403. The van der Waals surface area contributed by atoms with Gasteiger partial charge in [-0.15, -0.1) is 0 Å². The summed E-state index contributed by atoms with van der Waals surface area (Å²) in [6.07, 6.45) is 4.33. The number of hydrogen-bond donors (Lipinski definition) is 0. The third-order valence-corrected chi connectivity index (χ3v) is 7.43. The van der Waals surface area contributed by atoms with Gasteiger partial charge in [0.05, 0.1) is 0 Å². The summed E-state index contributed by atoms with van der Waals surface area (Å²) >= 11 is 6.02. The van der Waals surface area contributed by atoms with Gasteiger partial charge in [-0.05, 0) is 29.8 Å². The van der Waals surface area contributed by atoms with Gasteiger partial charge in [-0.25, -0.2) is 0 Å². The Hall–Kier alpha value is -1.87. The van der Waals surface area contributed by atoms with E-state index in [-0.39, 0.29) is 11.8 Å². The molecule has 0 N–H and O–H groups in total. The SMILES string of the molecule is CN(C)S(=O)(=O)N1CCN(C(=O)CC(Cn2cccc2)c2ccc(Cl)cc2)CC1. The quantitative estimate of drug-likeness (QED) is 0.666. The van der Waals surface area contributed by atoms with E-state index in [1.807, 2.05) is 48.8 Å². The molecule has 0 bridgehead atoms. The summed E-state index contributed by atoms with van der Waals surface area (Å²) in [4.78, 5) is 14.7.